The molecule has 2 heteroatoms. The first-order valence-electron chi connectivity index (χ1n) is 3.42. The van der Waals surface area contributed by atoms with E-state index in [2.05, 4.69) is 33.1 Å². The number of rotatable bonds is 2. The molecular formula is C8H12NP. The molecule has 1 rings (SSSR count). The first-order valence-corrected chi connectivity index (χ1v) is 3.93. The Morgan fingerprint density at radius 2 is 1.90 bits per heavy atom. The Hall–Kier alpha value is -0.550. The molecule has 0 aliphatic carbocycles. The van der Waals surface area contributed by atoms with Crippen LogP contribution >= 0.6 is 9.39 Å². The second-order valence-electron chi connectivity index (χ2n) is 2.12. The summed E-state index contributed by atoms with van der Waals surface area (Å²) < 4.78 is 2.12. The average molecular weight is 153 g/mol. The smallest absolute Gasteiger partial charge is 0.0394 e. The number of nitrogens with zero attached hydrogens (tertiary/aromatic N) is 1. The van der Waals surface area contributed by atoms with Crippen molar-refractivity contribution < 1.29 is 0 Å². The second-order valence-corrected chi connectivity index (χ2v) is 2.74. The third-order valence-corrected chi connectivity index (χ3v) is 2.09. The van der Waals surface area contributed by atoms with Crippen LogP contribution in [0.25, 0.3) is 0 Å². The Morgan fingerprint density at radius 1 is 1.30 bits per heavy atom. The molecule has 0 saturated heterocycles. The Balaban J connectivity index is 2.75. The van der Waals surface area contributed by atoms with Gasteiger partial charge in [0.25, 0.3) is 0 Å². The van der Waals surface area contributed by atoms with E-state index in [1.54, 1.807) is 0 Å². The molecule has 0 aliphatic rings. The van der Waals surface area contributed by atoms with Gasteiger partial charge >= 0.3 is 0 Å². The van der Waals surface area contributed by atoms with Crippen molar-refractivity contribution in [2.75, 3.05) is 11.2 Å². The van der Waals surface area contributed by atoms with Crippen molar-refractivity contribution in [2.24, 2.45) is 0 Å². The summed E-state index contributed by atoms with van der Waals surface area (Å²) in [6, 6.07) is 10.3. The van der Waals surface area contributed by atoms with Crippen LogP contribution < -0.4 is 4.67 Å². The molecule has 1 unspecified atom stereocenters. The van der Waals surface area contributed by atoms with E-state index in [1.165, 1.54) is 5.69 Å². The molecule has 0 fully saturated rings. The van der Waals surface area contributed by atoms with Crippen LogP contribution in [0.5, 0.6) is 0 Å². The molecule has 0 aromatic heterocycles. The topological polar surface area (TPSA) is 3.24 Å². The van der Waals surface area contributed by atoms with E-state index in [4.69, 9.17) is 0 Å². The van der Waals surface area contributed by atoms with Crippen molar-refractivity contribution in [3.05, 3.63) is 30.3 Å². The molecule has 0 aliphatic heterocycles. The highest BCUT2D eigenvalue weighted by Gasteiger charge is 1.92. The zero-order valence-corrected chi connectivity index (χ0v) is 7.27. The fourth-order valence-corrected chi connectivity index (χ4v) is 0.974. The molecule has 0 amide bonds. The lowest BCUT2D eigenvalue weighted by atomic mass is 10.3. The number of anilines is 1. The third-order valence-electron chi connectivity index (χ3n) is 1.43. The lowest BCUT2D eigenvalue weighted by Gasteiger charge is -2.15. The van der Waals surface area contributed by atoms with Gasteiger partial charge in [0.15, 0.2) is 0 Å². The molecule has 0 bridgehead atoms. The lowest BCUT2D eigenvalue weighted by molar-refractivity contribution is 1.11. The molecule has 1 aromatic rings. The molecule has 0 spiro atoms. The summed E-state index contributed by atoms with van der Waals surface area (Å²) in [5, 5.41) is 0. The van der Waals surface area contributed by atoms with E-state index in [0.717, 1.165) is 6.54 Å². The van der Waals surface area contributed by atoms with Crippen LogP contribution in [-0.2, 0) is 0 Å². The van der Waals surface area contributed by atoms with E-state index in [0.29, 0.717) is 0 Å². The minimum atomic E-state index is 1.02. The Morgan fingerprint density at radius 3 is 2.40 bits per heavy atom. The normalized spacial score (nSPS) is 9.40. The summed E-state index contributed by atoms with van der Waals surface area (Å²) in [6.45, 7) is 3.15. The number of para-hydroxylation sites is 1. The third kappa shape index (κ3) is 1.71. The predicted octanol–water partition coefficient (Wildman–Crippen LogP) is 2.30. The highest BCUT2D eigenvalue weighted by Crippen LogP contribution is 2.15. The molecule has 1 nitrogen and oxygen atoms in total. The van der Waals surface area contributed by atoms with Crippen LogP contribution in [0.3, 0.4) is 0 Å². The van der Waals surface area contributed by atoms with Crippen LogP contribution in [0.2, 0.25) is 0 Å². The van der Waals surface area contributed by atoms with Crippen molar-refractivity contribution in [3.63, 3.8) is 0 Å². The van der Waals surface area contributed by atoms with E-state index in [1.807, 2.05) is 18.2 Å². The first kappa shape index (κ1) is 7.56. The van der Waals surface area contributed by atoms with Crippen molar-refractivity contribution in [3.8, 4) is 0 Å². The molecule has 0 N–H and O–H groups in total. The van der Waals surface area contributed by atoms with Gasteiger partial charge in [0, 0.05) is 12.2 Å². The van der Waals surface area contributed by atoms with Gasteiger partial charge in [-0.25, -0.2) is 0 Å². The van der Waals surface area contributed by atoms with E-state index in [-0.39, 0.29) is 0 Å². The van der Waals surface area contributed by atoms with Crippen LogP contribution in [0.4, 0.5) is 5.69 Å². The summed E-state index contributed by atoms with van der Waals surface area (Å²) in [4.78, 5) is 0. The van der Waals surface area contributed by atoms with Gasteiger partial charge in [0.1, 0.15) is 0 Å². The van der Waals surface area contributed by atoms with Gasteiger partial charge in [-0.1, -0.05) is 18.2 Å². The summed E-state index contributed by atoms with van der Waals surface area (Å²) >= 11 is 0. The number of hydrogen-bond donors (Lipinski definition) is 0. The Kier molecular flexibility index (Phi) is 2.70. The molecule has 54 valence electrons. The highest BCUT2D eigenvalue weighted by molar-refractivity contribution is 7.19. The van der Waals surface area contributed by atoms with E-state index < -0.39 is 0 Å². The standard InChI is InChI=1S/C8H12NP/c1-2-9(10)8-6-4-3-5-7-8/h3-7H,2,10H2,1H3. The largest absolute Gasteiger partial charge is 0.356 e. The predicted molar refractivity (Wildman–Crippen MR) is 49.2 cm³/mol. The lowest BCUT2D eigenvalue weighted by Crippen LogP contribution is -2.06. The van der Waals surface area contributed by atoms with Crippen molar-refractivity contribution in [1.82, 2.24) is 0 Å². The van der Waals surface area contributed by atoms with Crippen LogP contribution in [0.15, 0.2) is 30.3 Å². The van der Waals surface area contributed by atoms with E-state index in [9.17, 15) is 0 Å². The Labute approximate surface area is 64.3 Å². The molecule has 10 heavy (non-hydrogen) atoms. The summed E-state index contributed by atoms with van der Waals surface area (Å²) in [7, 11) is 2.68. The summed E-state index contributed by atoms with van der Waals surface area (Å²) in [6.07, 6.45) is 0. The van der Waals surface area contributed by atoms with Crippen LogP contribution in [0.1, 0.15) is 6.92 Å². The summed E-state index contributed by atoms with van der Waals surface area (Å²) in [5.41, 5.74) is 1.25. The maximum absolute atomic E-state index is 2.68. The highest BCUT2D eigenvalue weighted by atomic mass is 31.0. The maximum Gasteiger partial charge on any atom is 0.0394 e. The van der Waals surface area contributed by atoms with Gasteiger partial charge in [0.05, 0.1) is 0 Å². The zero-order valence-electron chi connectivity index (χ0n) is 6.12. The van der Waals surface area contributed by atoms with Crippen molar-refractivity contribution in [2.45, 2.75) is 6.92 Å². The minimum Gasteiger partial charge on any atom is -0.356 e. The van der Waals surface area contributed by atoms with Gasteiger partial charge in [-0.3, -0.25) is 0 Å². The number of hydrogen-bond acceptors (Lipinski definition) is 1. The quantitative estimate of drug-likeness (QED) is 0.589. The van der Waals surface area contributed by atoms with Gasteiger partial charge in [0.2, 0.25) is 0 Å². The van der Waals surface area contributed by atoms with Gasteiger partial charge in [-0.05, 0) is 28.4 Å². The van der Waals surface area contributed by atoms with Gasteiger partial charge in [-0.15, -0.1) is 0 Å². The SMILES string of the molecule is CCN(P)c1ccccc1. The maximum atomic E-state index is 2.68. The fourth-order valence-electron chi connectivity index (χ4n) is 0.802. The summed E-state index contributed by atoms with van der Waals surface area (Å²) in [5.74, 6) is 0. The molecule has 1 aromatic carbocycles. The molecule has 0 saturated carbocycles. The second kappa shape index (κ2) is 3.58. The minimum absolute atomic E-state index is 1.02. The average Bonchev–Trinajstić information content (AvgIpc) is 2.05. The molecule has 1 atom stereocenters. The molecular weight excluding hydrogens is 141 g/mol. The Bertz CT molecular complexity index is 186. The number of benzene rings is 1. The fraction of sp³-hybridized carbons (Fsp3) is 0.250. The van der Waals surface area contributed by atoms with Gasteiger partial charge < -0.3 is 4.67 Å². The molecule has 0 heterocycles. The monoisotopic (exact) mass is 153 g/mol. The first-order chi connectivity index (χ1) is 4.84. The van der Waals surface area contributed by atoms with Crippen molar-refractivity contribution >= 4 is 15.1 Å². The van der Waals surface area contributed by atoms with Crippen LogP contribution in [0, 0.1) is 0 Å². The van der Waals surface area contributed by atoms with Gasteiger partial charge in [-0.2, -0.15) is 0 Å². The van der Waals surface area contributed by atoms with Crippen LogP contribution in [-0.4, -0.2) is 6.54 Å². The van der Waals surface area contributed by atoms with E-state index >= 15 is 0 Å². The zero-order chi connectivity index (χ0) is 7.40. The van der Waals surface area contributed by atoms with Crippen molar-refractivity contribution in [1.29, 1.82) is 0 Å². The molecule has 0 radical (unpaired) electrons.